The minimum atomic E-state index is -0.966. The fourth-order valence-electron chi connectivity index (χ4n) is 3.26. The van der Waals surface area contributed by atoms with Crippen LogP contribution in [-0.2, 0) is 6.42 Å². The average molecular weight is 387 g/mol. The van der Waals surface area contributed by atoms with Gasteiger partial charge in [0.15, 0.2) is 0 Å². The number of aryl methyl sites for hydroxylation is 1. The third kappa shape index (κ3) is 4.35. The van der Waals surface area contributed by atoms with Crippen molar-refractivity contribution < 1.29 is 9.90 Å². The number of anilines is 3. The molecule has 2 aromatic carbocycles. The normalized spacial score (nSPS) is 10.8. The molecule has 29 heavy (non-hydrogen) atoms. The van der Waals surface area contributed by atoms with Crippen molar-refractivity contribution in [2.45, 2.75) is 13.3 Å². The molecule has 0 aliphatic carbocycles. The van der Waals surface area contributed by atoms with Crippen LogP contribution in [0, 0.1) is 6.92 Å². The fraction of sp³-hybridized carbons (Fsp3) is 0.136. The van der Waals surface area contributed by atoms with Crippen molar-refractivity contribution in [3.63, 3.8) is 0 Å². The number of benzene rings is 2. The Bertz CT molecular complexity index is 1170. The molecule has 4 rings (SSSR count). The summed E-state index contributed by atoms with van der Waals surface area (Å²) in [6.45, 7) is 2.55. The number of aromatic amines is 1. The molecule has 7 heteroatoms. The molecule has 0 saturated carbocycles. The predicted octanol–water partition coefficient (Wildman–Crippen LogP) is 4.36. The van der Waals surface area contributed by atoms with Gasteiger partial charge in [-0.15, -0.1) is 0 Å². The Morgan fingerprint density at radius 3 is 2.76 bits per heavy atom. The van der Waals surface area contributed by atoms with Gasteiger partial charge in [-0.3, -0.25) is 0 Å². The van der Waals surface area contributed by atoms with E-state index in [0.29, 0.717) is 23.1 Å². The van der Waals surface area contributed by atoms with Gasteiger partial charge in [-0.1, -0.05) is 24.3 Å². The third-order valence-corrected chi connectivity index (χ3v) is 4.60. The van der Waals surface area contributed by atoms with Crippen LogP contribution in [-0.4, -0.2) is 32.6 Å². The number of carboxylic acid groups (broad SMARTS) is 1. The number of aromatic carboxylic acids is 1. The smallest absolute Gasteiger partial charge is 0.335 e. The monoisotopic (exact) mass is 387 g/mol. The largest absolute Gasteiger partial charge is 0.478 e. The van der Waals surface area contributed by atoms with Gasteiger partial charge in [-0.25, -0.2) is 14.8 Å². The number of hydrogen-bond acceptors (Lipinski definition) is 5. The molecule has 4 N–H and O–H groups in total. The fourth-order valence-corrected chi connectivity index (χ4v) is 3.26. The van der Waals surface area contributed by atoms with Gasteiger partial charge in [0.25, 0.3) is 0 Å². The number of fused-ring (bicyclic) bond motifs is 1. The van der Waals surface area contributed by atoms with Gasteiger partial charge in [0.05, 0.1) is 5.56 Å². The van der Waals surface area contributed by atoms with E-state index in [1.165, 1.54) is 10.9 Å². The summed E-state index contributed by atoms with van der Waals surface area (Å²) in [5.41, 5.74) is 3.27. The van der Waals surface area contributed by atoms with Crippen molar-refractivity contribution in [2.75, 3.05) is 17.2 Å². The second-order valence-corrected chi connectivity index (χ2v) is 6.73. The van der Waals surface area contributed by atoms with Crippen molar-refractivity contribution in [2.24, 2.45) is 0 Å². The second-order valence-electron chi connectivity index (χ2n) is 6.73. The number of carboxylic acids is 1. The number of nitrogens with one attached hydrogen (secondary N) is 3. The van der Waals surface area contributed by atoms with Crippen LogP contribution in [0.5, 0.6) is 0 Å². The molecular weight excluding hydrogens is 366 g/mol. The summed E-state index contributed by atoms with van der Waals surface area (Å²) in [6.07, 6.45) is 2.90. The summed E-state index contributed by atoms with van der Waals surface area (Å²) in [7, 11) is 0. The highest BCUT2D eigenvalue weighted by atomic mass is 16.4. The standard InChI is InChI=1S/C22H21N5O2/c1-14-25-20(23-10-9-16-13-24-19-8-3-2-7-18(16)19)12-21(26-14)27-17-6-4-5-15(11-17)22(28)29/h2-8,11-13,24H,9-10H2,1H3,(H,28,29)(H2,23,25,26,27). The third-order valence-electron chi connectivity index (χ3n) is 4.60. The van der Waals surface area contributed by atoms with E-state index in [4.69, 9.17) is 5.11 Å². The molecule has 0 saturated heterocycles. The Labute approximate surface area is 167 Å². The molecule has 0 aliphatic heterocycles. The van der Waals surface area contributed by atoms with Crippen LogP contribution < -0.4 is 10.6 Å². The van der Waals surface area contributed by atoms with Gasteiger partial charge < -0.3 is 20.7 Å². The van der Waals surface area contributed by atoms with E-state index in [1.54, 1.807) is 24.3 Å². The molecule has 0 atom stereocenters. The maximum absolute atomic E-state index is 11.1. The zero-order valence-corrected chi connectivity index (χ0v) is 15.9. The van der Waals surface area contributed by atoms with E-state index in [1.807, 2.05) is 31.3 Å². The molecule has 0 fully saturated rings. The highest BCUT2D eigenvalue weighted by Crippen LogP contribution is 2.20. The summed E-state index contributed by atoms with van der Waals surface area (Å²) in [5.74, 6) is 0.981. The molecular formula is C22H21N5O2. The van der Waals surface area contributed by atoms with Crippen LogP contribution in [0.1, 0.15) is 21.7 Å². The number of H-pyrrole nitrogens is 1. The first-order valence-corrected chi connectivity index (χ1v) is 9.33. The van der Waals surface area contributed by atoms with Crippen LogP contribution in [0.15, 0.2) is 60.8 Å². The van der Waals surface area contributed by atoms with Crippen molar-refractivity contribution in [3.8, 4) is 0 Å². The summed E-state index contributed by atoms with van der Waals surface area (Å²) in [5, 5.41) is 16.9. The van der Waals surface area contributed by atoms with Gasteiger partial charge in [0.2, 0.25) is 0 Å². The first-order chi connectivity index (χ1) is 14.1. The minimum Gasteiger partial charge on any atom is -0.478 e. The summed E-state index contributed by atoms with van der Waals surface area (Å²) < 4.78 is 0. The summed E-state index contributed by atoms with van der Waals surface area (Å²) in [4.78, 5) is 23.3. The van der Waals surface area contributed by atoms with Crippen molar-refractivity contribution in [1.29, 1.82) is 0 Å². The molecule has 0 spiro atoms. The van der Waals surface area contributed by atoms with Gasteiger partial charge in [0, 0.05) is 35.4 Å². The maximum atomic E-state index is 11.1. The van der Waals surface area contributed by atoms with Crippen LogP contribution in [0.4, 0.5) is 17.3 Å². The van der Waals surface area contributed by atoms with E-state index in [9.17, 15) is 4.79 Å². The minimum absolute atomic E-state index is 0.220. The van der Waals surface area contributed by atoms with Gasteiger partial charge in [-0.2, -0.15) is 0 Å². The molecule has 0 bridgehead atoms. The van der Waals surface area contributed by atoms with E-state index in [0.717, 1.165) is 18.5 Å². The number of carbonyl (C=O) groups is 1. The van der Waals surface area contributed by atoms with Crippen molar-refractivity contribution in [3.05, 3.63) is 77.7 Å². The van der Waals surface area contributed by atoms with Crippen LogP contribution in [0.25, 0.3) is 10.9 Å². The number of aromatic nitrogens is 3. The molecule has 4 aromatic rings. The Balaban J connectivity index is 1.44. The van der Waals surface area contributed by atoms with Crippen LogP contribution in [0.3, 0.4) is 0 Å². The number of para-hydroxylation sites is 1. The molecule has 7 nitrogen and oxygen atoms in total. The van der Waals surface area contributed by atoms with Crippen molar-refractivity contribution >= 4 is 34.2 Å². The molecule has 0 amide bonds. The molecule has 0 aliphatic rings. The number of nitrogens with zero attached hydrogens (tertiary/aromatic N) is 2. The molecule has 146 valence electrons. The Kier molecular flexibility index (Phi) is 5.11. The lowest BCUT2D eigenvalue weighted by molar-refractivity contribution is 0.0697. The Morgan fingerprint density at radius 1 is 1.07 bits per heavy atom. The van der Waals surface area contributed by atoms with E-state index >= 15 is 0 Å². The second kappa shape index (κ2) is 8.02. The van der Waals surface area contributed by atoms with E-state index in [-0.39, 0.29) is 5.56 Å². The molecule has 0 unspecified atom stereocenters. The van der Waals surface area contributed by atoms with Gasteiger partial charge >= 0.3 is 5.97 Å². The first-order valence-electron chi connectivity index (χ1n) is 9.33. The zero-order chi connectivity index (χ0) is 20.2. The Morgan fingerprint density at radius 2 is 1.90 bits per heavy atom. The summed E-state index contributed by atoms with van der Waals surface area (Å²) >= 11 is 0. The lowest BCUT2D eigenvalue weighted by Crippen LogP contribution is -2.08. The van der Waals surface area contributed by atoms with E-state index in [2.05, 4.69) is 37.7 Å². The van der Waals surface area contributed by atoms with Gasteiger partial charge in [-0.05, 0) is 43.2 Å². The van der Waals surface area contributed by atoms with Crippen LogP contribution >= 0.6 is 0 Å². The topological polar surface area (TPSA) is 103 Å². The zero-order valence-electron chi connectivity index (χ0n) is 15.9. The lowest BCUT2D eigenvalue weighted by atomic mass is 10.1. The van der Waals surface area contributed by atoms with Gasteiger partial charge in [0.1, 0.15) is 17.5 Å². The Hall–Kier alpha value is -3.87. The first kappa shape index (κ1) is 18.5. The molecule has 2 heterocycles. The number of rotatable bonds is 7. The molecule has 2 aromatic heterocycles. The highest BCUT2D eigenvalue weighted by Gasteiger charge is 2.07. The number of hydrogen-bond donors (Lipinski definition) is 4. The van der Waals surface area contributed by atoms with Crippen molar-refractivity contribution in [1.82, 2.24) is 15.0 Å². The highest BCUT2D eigenvalue weighted by molar-refractivity contribution is 5.89. The predicted molar refractivity (Wildman–Crippen MR) is 114 cm³/mol. The SMILES string of the molecule is Cc1nc(NCCc2c[nH]c3ccccc23)cc(Nc2cccc(C(=O)O)c2)n1. The lowest BCUT2D eigenvalue weighted by Gasteiger charge is -2.10. The summed E-state index contributed by atoms with van der Waals surface area (Å²) in [6, 6.07) is 16.7. The van der Waals surface area contributed by atoms with Crippen LogP contribution in [0.2, 0.25) is 0 Å². The van der Waals surface area contributed by atoms with E-state index < -0.39 is 5.97 Å². The quantitative estimate of drug-likeness (QED) is 0.376. The maximum Gasteiger partial charge on any atom is 0.335 e. The average Bonchev–Trinajstić information content (AvgIpc) is 3.11. The molecule has 0 radical (unpaired) electrons.